The molecule has 1 atom stereocenters. The van der Waals surface area contributed by atoms with Crippen LogP contribution in [0.1, 0.15) is 0 Å². The third-order valence-corrected chi connectivity index (χ3v) is 2.50. The summed E-state index contributed by atoms with van der Waals surface area (Å²) < 4.78 is 10.0. The second-order valence-electron chi connectivity index (χ2n) is 3.99. The Morgan fingerprint density at radius 2 is 2.13 bits per heavy atom. The smallest absolute Gasteiger partial charge is 0.0900 e. The summed E-state index contributed by atoms with van der Waals surface area (Å²) in [6, 6.07) is 0. The van der Waals surface area contributed by atoms with Gasteiger partial charge >= 0.3 is 0 Å². The minimum Gasteiger partial charge on any atom is -0.396 e. The molecule has 1 unspecified atom stereocenters. The van der Waals surface area contributed by atoms with Crippen LogP contribution in [-0.2, 0) is 9.47 Å². The Hall–Kier alpha value is -0.200. The SMILES string of the molecule is COCCOCC(O)CN1CC(CO)C1. The zero-order chi connectivity index (χ0) is 11.1. The highest BCUT2D eigenvalue weighted by atomic mass is 16.5. The maximum Gasteiger partial charge on any atom is 0.0900 e. The predicted molar refractivity (Wildman–Crippen MR) is 55.7 cm³/mol. The summed E-state index contributed by atoms with van der Waals surface area (Å²) in [5.74, 6) is 0.395. The first kappa shape index (κ1) is 12.9. The number of nitrogens with zero attached hydrogens (tertiary/aromatic N) is 1. The number of aliphatic hydroxyl groups excluding tert-OH is 2. The normalized spacial score (nSPS) is 20.2. The van der Waals surface area contributed by atoms with Gasteiger partial charge in [0.1, 0.15) is 0 Å². The van der Waals surface area contributed by atoms with Crippen molar-refractivity contribution in [1.82, 2.24) is 4.90 Å². The molecule has 1 heterocycles. The lowest BCUT2D eigenvalue weighted by Crippen LogP contribution is -2.51. The van der Waals surface area contributed by atoms with Crippen LogP contribution in [0.5, 0.6) is 0 Å². The standard InChI is InChI=1S/C10H21NO4/c1-14-2-3-15-8-10(13)6-11-4-9(5-11)7-12/h9-10,12-13H,2-8H2,1H3. The number of hydrogen-bond donors (Lipinski definition) is 2. The summed E-state index contributed by atoms with van der Waals surface area (Å²) in [4.78, 5) is 2.12. The quantitative estimate of drug-likeness (QED) is 0.509. The first-order chi connectivity index (χ1) is 7.26. The zero-order valence-corrected chi connectivity index (χ0v) is 9.26. The van der Waals surface area contributed by atoms with E-state index < -0.39 is 6.10 Å². The number of aliphatic hydroxyl groups is 2. The van der Waals surface area contributed by atoms with Gasteiger partial charge in [-0.3, -0.25) is 4.90 Å². The summed E-state index contributed by atoms with van der Waals surface area (Å²) >= 11 is 0. The van der Waals surface area contributed by atoms with E-state index in [0.29, 0.717) is 32.3 Å². The second kappa shape index (κ2) is 7.14. The molecule has 1 aliphatic heterocycles. The van der Waals surface area contributed by atoms with Crippen LogP contribution in [0.15, 0.2) is 0 Å². The Balaban J connectivity index is 1.92. The number of β-amino-alcohol motifs (C(OH)–C–C–N with tert-alkyl or cyclic N) is 1. The van der Waals surface area contributed by atoms with Crippen LogP contribution >= 0.6 is 0 Å². The van der Waals surface area contributed by atoms with Crippen molar-refractivity contribution in [1.29, 1.82) is 0 Å². The van der Waals surface area contributed by atoms with Gasteiger partial charge in [0.2, 0.25) is 0 Å². The average Bonchev–Trinajstić information content (AvgIpc) is 2.17. The van der Waals surface area contributed by atoms with Gasteiger partial charge in [-0.15, -0.1) is 0 Å². The van der Waals surface area contributed by atoms with Gasteiger partial charge in [0, 0.05) is 39.3 Å². The van der Waals surface area contributed by atoms with Gasteiger partial charge in [0.15, 0.2) is 0 Å². The van der Waals surface area contributed by atoms with E-state index in [0.717, 1.165) is 13.1 Å². The molecule has 0 aromatic rings. The molecule has 0 aromatic heterocycles. The Morgan fingerprint density at radius 1 is 1.40 bits per heavy atom. The fourth-order valence-corrected chi connectivity index (χ4v) is 1.65. The number of methoxy groups -OCH3 is 1. The third kappa shape index (κ3) is 4.90. The van der Waals surface area contributed by atoms with Gasteiger partial charge in [-0.25, -0.2) is 0 Å². The van der Waals surface area contributed by atoms with Crippen molar-refractivity contribution in [3.8, 4) is 0 Å². The molecule has 5 nitrogen and oxygen atoms in total. The highest BCUT2D eigenvalue weighted by Crippen LogP contribution is 2.14. The third-order valence-electron chi connectivity index (χ3n) is 2.50. The van der Waals surface area contributed by atoms with Gasteiger partial charge < -0.3 is 19.7 Å². The molecular formula is C10H21NO4. The minimum absolute atomic E-state index is 0.247. The molecule has 1 saturated heterocycles. The molecule has 90 valence electrons. The highest BCUT2D eigenvalue weighted by molar-refractivity contribution is 4.80. The minimum atomic E-state index is -0.443. The maximum absolute atomic E-state index is 9.57. The maximum atomic E-state index is 9.57. The van der Waals surface area contributed by atoms with Crippen LogP contribution < -0.4 is 0 Å². The Morgan fingerprint density at radius 3 is 2.73 bits per heavy atom. The second-order valence-corrected chi connectivity index (χ2v) is 3.99. The van der Waals surface area contributed by atoms with E-state index in [1.54, 1.807) is 7.11 Å². The van der Waals surface area contributed by atoms with Crippen molar-refractivity contribution in [2.75, 3.05) is 53.2 Å². The Labute approximate surface area is 90.6 Å². The van der Waals surface area contributed by atoms with Crippen molar-refractivity contribution >= 4 is 0 Å². The fourth-order valence-electron chi connectivity index (χ4n) is 1.65. The molecule has 0 spiro atoms. The molecule has 15 heavy (non-hydrogen) atoms. The predicted octanol–water partition coefficient (Wildman–Crippen LogP) is -1.07. The highest BCUT2D eigenvalue weighted by Gasteiger charge is 2.27. The van der Waals surface area contributed by atoms with Crippen molar-refractivity contribution in [3.63, 3.8) is 0 Å². The Bertz CT molecular complexity index is 162. The van der Waals surface area contributed by atoms with Crippen LogP contribution in [-0.4, -0.2) is 74.4 Å². The van der Waals surface area contributed by atoms with Crippen molar-refractivity contribution in [2.45, 2.75) is 6.10 Å². The van der Waals surface area contributed by atoms with Gasteiger partial charge in [0.05, 0.1) is 25.9 Å². The van der Waals surface area contributed by atoms with E-state index in [-0.39, 0.29) is 6.61 Å². The lowest BCUT2D eigenvalue weighted by atomic mass is 10.0. The van der Waals surface area contributed by atoms with Crippen molar-refractivity contribution in [2.24, 2.45) is 5.92 Å². The molecule has 1 aliphatic rings. The Kier molecular flexibility index (Phi) is 6.12. The fraction of sp³-hybridized carbons (Fsp3) is 1.00. The van der Waals surface area contributed by atoms with E-state index in [1.165, 1.54) is 0 Å². The molecule has 0 aliphatic carbocycles. The van der Waals surface area contributed by atoms with Crippen LogP contribution in [0.25, 0.3) is 0 Å². The first-order valence-electron chi connectivity index (χ1n) is 5.34. The van der Waals surface area contributed by atoms with Crippen molar-refractivity contribution in [3.05, 3.63) is 0 Å². The number of ether oxygens (including phenoxy) is 2. The molecule has 0 aromatic carbocycles. The van der Waals surface area contributed by atoms with E-state index in [4.69, 9.17) is 14.6 Å². The number of rotatable bonds is 8. The van der Waals surface area contributed by atoms with Crippen LogP contribution in [0.3, 0.4) is 0 Å². The number of likely N-dealkylation sites (tertiary alicyclic amines) is 1. The summed E-state index contributed by atoms with van der Waals surface area (Å²) in [7, 11) is 1.62. The summed E-state index contributed by atoms with van der Waals surface area (Å²) in [6.07, 6.45) is -0.443. The molecule has 0 amide bonds. The zero-order valence-electron chi connectivity index (χ0n) is 9.26. The first-order valence-corrected chi connectivity index (χ1v) is 5.34. The molecule has 5 heteroatoms. The van der Waals surface area contributed by atoms with E-state index in [9.17, 15) is 5.11 Å². The van der Waals surface area contributed by atoms with Gasteiger partial charge in [-0.05, 0) is 0 Å². The van der Waals surface area contributed by atoms with Crippen LogP contribution in [0.2, 0.25) is 0 Å². The van der Waals surface area contributed by atoms with Gasteiger partial charge in [-0.1, -0.05) is 0 Å². The largest absolute Gasteiger partial charge is 0.396 e. The average molecular weight is 219 g/mol. The molecular weight excluding hydrogens is 198 g/mol. The van der Waals surface area contributed by atoms with E-state index in [2.05, 4.69) is 4.90 Å². The molecule has 1 rings (SSSR count). The molecule has 0 saturated carbocycles. The molecule has 0 radical (unpaired) electrons. The number of hydrogen-bond acceptors (Lipinski definition) is 5. The van der Waals surface area contributed by atoms with Gasteiger partial charge in [0.25, 0.3) is 0 Å². The lowest BCUT2D eigenvalue weighted by Gasteiger charge is -2.39. The summed E-state index contributed by atoms with van der Waals surface area (Å²) in [5.41, 5.74) is 0. The lowest BCUT2D eigenvalue weighted by molar-refractivity contribution is -0.0270. The summed E-state index contributed by atoms with van der Waals surface area (Å²) in [5, 5.41) is 18.4. The monoisotopic (exact) mass is 219 g/mol. The molecule has 2 N–H and O–H groups in total. The van der Waals surface area contributed by atoms with Crippen LogP contribution in [0.4, 0.5) is 0 Å². The summed E-state index contributed by atoms with van der Waals surface area (Å²) in [6.45, 7) is 4.07. The van der Waals surface area contributed by atoms with Gasteiger partial charge in [-0.2, -0.15) is 0 Å². The molecule has 0 bridgehead atoms. The van der Waals surface area contributed by atoms with Crippen molar-refractivity contribution < 1.29 is 19.7 Å². The van der Waals surface area contributed by atoms with E-state index >= 15 is 0 Å². The van der Waals surface area contributed by atoms with E-state index in [1.807, 2.05) is 0 Å². The topological polar surface area (TPSA) is 62.2 Å². The van der Waals surface area contributed by atoms with Crippen LogP contribution in [0, 0.1) is 5.92 Å². The molecule has 1 fully saturated rings.